The Hall–Kier alpha value is -1.85. The summed E-state index contributed by atoms with van der Waals surface area (Å²) in [6.45, 7) is 3.05. The third kappa shape index (κ3) is 3.09. The molecule has 1 unspecified atom stereocenters. The first kappa shape index (κ1) is 14.1. The van der Waals surface area contributed by atoms with Gasteiger partial charge in [0, 0.05) is 19.4 Å². The van der Waals surface area contributed by atoms with Gasteiger partial charge in [-0.05, 0) is 30.0 Å². The van der Waals surface area contributed by atoms with Crippen molar-refractivity contribution in [1.82, 2.24) is 14.8 Å². The Bertz CT molecular complexity index is 629. The van der Waals surface area contributed by atoms with Gasteiger partial charge in [0.15, 0.2) is 5.82 Å². The second kappa shape index (κ2) is 5.16. The summed E-state index contributed by atoms with van der Waals surface area (Å²) in [5.41, 5.74) is 0.163. The van der Waals surface area contributed by atoms with Gasteiger partial charge >= 0.3 is 6.18 Å². The van der Waals surface area contributed by atoms with Gasteiger partial charge < -0.3 is 0 Å². The molecule has 3 rings (SSSR count). The summed E-state index contributed by atoms with van der Waals surface area (Å²) in [5.74, 6) is 2.26. The number of rotatable bonds is 2. The number of aryl methyl sites for hydroxylation is 1. The standard InChI is InChI=1S/C15H16F3N3/c1-10-2-7-14-19-13(20-21(14)9-10)8-11-3-5-12(6-4-11)15(16,17)18/h3-6,10H,2,7-9H2,1H3. The van der Waals surface area contributed by atoms with E-state index < -0.39 is 11.7 Å². The van der Waals surface area contributed by atoms with Crippen LogP contribution < -0.4 is 0 Å². The van der Waals surface area contributed by atoms with Crippen LogP contribution in [0.4, 0.5) is 13.2 Å². The molecule has 0 N–H and O–H groups in total. The van der Waals surface area contributed by atoms with E-state index in [0.717, 1.165) is 42.9 Å². The summed E-state index contributed by atoms with van der Waals surface area (Å²) in [7, 11) is 0. The third-order valence-electron chi connectivity index (χ3n) is 3.78. The molecule has 0 bridgehead atoms. The summed E-state index contributed by atoms with van der Waals surface area (Å²) in [6, 6.07) is 5.19. The minimum absolute atomic E-state index is 0.465. The lowest BCUT2D eigenvalue weighted by atomic mass is 10.0. The molecule has 0 aliphatic carbocycles. The average Bonchev–Trinajstić information content (AvgIpc) is 2.79. The van der Waals surface area contributed by atoms with Crippen molar-refractivity contribution in [3.8, 4) is 0 Å². The van der Waals surface area contributed by atoms with Gasteiger partial charge in [0.1, 0.15) is 5.82 Å². The van der Waals surface area contributed by atoms with Gasteiger partial charge in [-0.3, -0.25) is 0 Å². The van der Waals surface area contributed by atoms with E-state index in [1.165, 1.54) is 12.1 Å². The summed E-state index contributed by atoms with van der Waals surface area (Å²) in [6.07, 6.45) is -1.80. The Morgan fingerprint density at radius 2 is 1.95 bits per heavy atom. The summed E-state index contributed by atoms with van der Waals surface area (Å²) in [4.78, 5) is 4.48. The molecule has 1 aromatic carbocycles. The Balaban J connectivity index is 1.75. The van der Waals surface area contributed by atoms with Gasteiger partial charge in [-0.2, -0.15) is 18.3 Å². The quantitative estimate of drug-likeness (QED) is 0.849. The minimum atomic E-state index is -4.29. The third-order valence-corrected chi connectivity index (χ3v) is 3.78. The first-order valence-corrected chi connectivity index (χ1v) is 7.00. The van der Waals surface area contributed by atoms with Crippen molar-refractivity contribution in [1.29, 1.82) is 0 Å². The number of hydrogen-bond acceptors (Lipinski definition) is 2. The van der Waals surface area contributed by atoms with Crippen LogP contribution in [-0.2, 0) is 25.6 Å². The van der Waals surface area contributed by atoms with Gasteiger partial charge in [-0.1, -0.05) is 19.1 Å². The molecule has 0 spiro atoms. The van der Waals surface area contributed by atoms with Crippen LogP contribution in [0.3, 0.4) is 0 Å². The Morgan fingerprint density at radius 1 is 1.24 bits per heavy atom. The van der Waals surface area contributed by atoms with Crippen LogP contribution in [0, 0.1) is 5.92 Å². The number of alkyl halides is 3. The van der Waals surface area contributed by atoms with Crippen LogP contribution in [0.25, 0.3) is 0 Å². The van der Waals surface area contributed by atoms with E-state index in [9.17, 15) is 13.2 Å². The van der Waals surface area contributed by atoms with E-state index in [2.05, 4.69) is 17.0 Å². The lowest BCUT2D eigenvalue weighted by Gasteiger charge is -2.17. The van der Waals surface area contributed by atoms with Gasteiger partial charge in [0.2, 0.25) is 0 Å². The molecular weight excluding hydrogens is 279 g/mol. The second-order valence-corrected chi connectivity index (χ2v) is 5.64. The first-order chi connectivity index (χ1) is 9.91. The minimum Gasteiger partial charge on any atom is -0.250 e. The summed E-state index contributed by atoms with van der Waals surface area (Å²) >= 11 is 0. The zero-order valence-corrected chi connectivity index (χ0v) is 11.7. The maximum Gasteiger partial charge on any atom is 0.416 e. The molecular formula is C15H16F3N3. The summed E-state index contributed by atoms with van der Waals surface area (Å²) < 4.78 is 39.5. The molecule has 0 amide bonds. The predicted molar refractivity (Wildman–Crippen MR) is 71.8 cm³/mol. The lowest BCUT2D eigenvalue weighted by molar-refractivity contribution is -0.137. The number of aromatic nitrogens is 3. The normalized spacial score (nSPS) is 18.6. The molecule has 6 heteroatoms. The molecule has 2 aromatic rings. The molecule has 1 aliphatic rings. The van der Waals surface area contributed by atoms with Gasteiger partial charge in [-0.25, -0.2) is 9.67 Å². The van der Waals surface area contributed by atoms with E-state index in [-0.39, 0.29) is 0 Å². The van der Waals surface area contributed by atoms with Crippen molar-refractivity contribution in [2.24, 2.45) is 5.92 Å². The molecule has 2 heterocycles. The van der Waals surface area contributed by atoms with Crippen molar-refractivity contribution < 1.29 is 13.2 Å². The van der Waals surface area contributed by atoms with Crippen molar-refractivity contribution >= 4 is 0 Å². The Kier molecular flexibility index (Phi) is 3.47. The van der Waals surface area contributed by atoms with Crippen LogP contribution in [-0.4, -0.2) is 14.8 Å². The molecule has 1 aromatic heterocycles. The highest BCUT2D eigenvalue weighted by molar-refractivity contribution is 5.26. The Labute approximate surface area is 120 Å². The zero-order valence-electron chi connectivity index (χ0n) is 11.7. The average molecular weight is 295 g/mol. The van der Waals surface area contributed by atoms with Gasteiger partial charge in [0.05, 0.1) is 5.56 Å². The van der Waals surface area contributed by atoms with Crippen LogP contribution in [0.2, 0.25) is 0 Å². The van der Waals surface area contributed by atoms with Gasteiger partial charge in [0.25, 0.3) is 0 Å². The topological polar surface area (TPSA) is 30.7 Å². The molecule has 1 aliphatic heterocycles. The largest absolute Gasteiger partial charge is 0.416 e. The van der Waals surface area contributed by atoms with Crippen molar-refractivity contribution in [2.45, 2.75) is 38.9 Å². The second-order valence-electron chi connectivity index (χ2n) is 5.64. The van der Waals surface area contributed by atoms with Crippen molar-refractivity contribution in [3.05, 3.63) is 47.0 Å². The number of halogens is 3. The number of hydrogen-bond donors (Lipinski definition) is 0. The van der Waals surface area contributed by atoms with Crippen LogP contribution in [0.1, 0.15) is 36.1 Å². The summed E-state index contributed by atoms with van der Waals surface area (Å²) in [5, 5.41) is 4.45. The smallest absolute Gasteiger partial charge is 0.250 e. The molecule has 0 saturated heterocycles. The number of nitrogens with zero attached hydrogens (tertiary/aromatic N) is 3. The van der Waals surface area contributed by atoms with Crippen LogP contribution in [0.15, 0.2) is 24.3 Å². The highest BCUT2D eigenvalue weighted by atomic mass is 19.4. The Morgan fingerprint density at radius 3 is 2.62 bits per heavy atom. The molecule has 0 fully saturated rings. The van der Waals surface area contributed by atoms with E-state index >= 15 is 0 Å². The van der Waals surface area contributed by atoms with E-state index in [4.69, 9.17) is 0 Å². The fourth-order valence-electron chi connectivity index (χ4n) is 2.59. The zero-order chi connectivity index (χ0) is 15.0. The molecule has 21 heavy (non-hydrogen) atoms. The van der Waals surface area contributed by atoms with Crippen molar-refractivity contribution in [2.75, 3.05) is 0 Å². The lowest BCUT2D eigenvalue weighted by Crippen LogP contribution is -2.18. The fraction of sp³-hybridized carbons (Fsp3) is 0.467. The predicted octanol–water partition coefficient (Wildman–Crippen LogP) is 3.47. The van der Waals surface area contributed by atoms with Gasteiger partial charge in [-0.15, -0.1) is 0 Å². The molecule has 3 nitrogen and oxygen atoms in total. The highest BCUT2D eigenvalue weighted by Crippen LogP contribution is 2.29. The van der Waals surface area contributed by atoms with E-state index in [1.54, 1.807) is 0 Å². The maximum absolute atomic E-state index is 12.5. The fourth-order valence-corrected chi connectivity index (χ4v) is 2.59. The maximum atomic E-state index is 12.5. The SMILES string of the molecule is CC1CCc2nc(Cc3ccc(C(F)(F)F)cc3)nn2C1. The van der Waals surface area contributed by atoms with Crippen molar-refractivity contribution in [3.63, 3.8) is 0 Å². The highest BCUT2D eigenvalue weighted by Gasteiger charge is 2.30. The molecule has 112 valence electrons. The van der Waals surface area contributed by atoms with E-state index in [1.807, 2.05) is 4.68 Å². The first-order valence-electron chi connectivity index (χ1n) is 7.00. The van der Waals surface area contributed by atoms with Crippen LogP contribution >= 0.6 is 0 Å². The molecule has 0 radical (unpaired) electrons. The monoisotopic (exact) mass is 295 g/mol. The number of fused-ring (bicyclic) bond motifs is 1. The van der Waals surface area contributed by atoms with Crippen LogP contribution in [0.5, 0.6) is 0 Å². The molecule has 0 saturated carbocycles. The molecule has 1 atom stereocenters. The number of benzene rings is 1. The van der Waals surface area contributed by atoms with E-state index in [0.29, 0.717) is 18.2 Å².